The lowest BCUT2D eigenvalue weighted by atomic mass is 9.88. The molecule has 0 bridgehead atoms. The highest BCUT2D eigenvalue weighted by Gasteiger charge is 2.30. The fourth-order valence-corrected chi connectivity index (χ4v) is 2.02. The van der Waals surface area contributed by atoms with Gasteiger partial charge >= 0.3 is 0 Å². The molecule has 0 aromatic heterocycles. The van der Waals surface area contributed by atoms with E-state index in [1.54, 1.807) is 0 Å². The van der Waals surface area contributed by atoms with Crippen LogP contribution in [0.5, 0.6) is 0 Å². The molecule has 1 atom stereocenters. The third-order valence-electron chi connectivity index (χ3n) is 2.65. The molecule has 0 aliphatic carbocycles. The van der Waals surface area contributed by atoms with Crippen molar-refractivity contribution in [3.8, 4) is 0 Å². The molecule has 1 nitrogen and oxygen atoms in total. The zero-order valence-electron chi connectivity index (χ0n) is 7.74. The lowest BCUT2D eigenvalue weighted by molar-refractivity contribution is 0.359. The topological polar surface area (TPSA) is 12.0 Å². The number of rotatable bonds is 3. The third-order valence-corrected chi connectivity index (χ3v) is 2.65. The molecule has 0 aromatic rings. The van der Waals surface area contributed by atoms with Crippen LogP contribution in [0.15, 0.2) is 12.2 Å². The van der Waals surface area contributed by atoms with E-state index in [1.807, 2.05) is 0 Å². The molecule has 1 unspecified atom stereocenters. The van der Waals surface area contributed by atoms with E-state index >= 15 is 0 Å². The molecule has 0 amide bonds. The number of hydrogen-bond acceptors (Lipinski definition) is 1. The average molecular weight is 153 g/mol. The maximum Gasteiger partial charge on any atom is 0.0216 e. The Balaban J connectivity index is 2.52. The van der Waals surface area contributed by atoms with Crippen molar-refractivity contribution < 1.29 is 0 Å². The van der Waals surface area contributed by atoms with Gasteiger partial charge in [0.25, 0.3) is 0 Å². The molecule has 0 radical (unpaired) electrons. The van der Waals surface area contributed by atoms with Crippen LogP contribution in [-0.4, -0.2) is 12.1 Å². The SMILES string of the molecule is C=C(C)CC1(CC)CCCN1. The van der Waals surface area contributed by atoms with Gasteiger partial charge in [-0.05, 0) is 39.2 Å². The molecule has 0 spiro atoms. The highest BCUT2D eigenvalue weighted by Crippen LogP contribution is 2.28. The molecule has 1 saturated heterocycles. The maximum absolute atomic E-state index is 3.97. The minimum Gasteiger partial charge on any atom is -0.311 e. The summed E-state index contributed by atoms with van der Waals surface area (Å²) in [5.74, 6) is 0. The standard InChI is InChI=1S/C10H19N/c1-4-10(8-9(2)3)6-5-7-11-10/h11H,2,4-8H2,1,3H3. The van der Waals surface area contributed by atoms with Crippen LogP contribution in [0, 0.1) is 0 Å². The van der Waals surface area contributed by atoms with Crippen molar-refractivity contribution in [1.29, 1.82) is 0 Å². The quantitative estimate of drug-likeness (QED) is 0.614. The maximum atomic E-state index is 3.97. The van der Waals surface area contributed by atoms with E-state index in [0.717, 1.165) is 6.42 Å². The van der Waals surface area contributed by atoms with Crippen LogP contribution >= 0.6 is 0 Å². The van der Waals surface area contributed by atoms with Crippen LogP contribution in [0.1, 0.15) is 39.5 Å². The van der Waals surface area contributed by atoms with Gasteiger partial charge in [0.05, 0.1) is 0 Å². The molecule has 0 saturated carbocycles. The first kappa shape index (κ1) is 8.79. The Morgan fingerprint density at radius 2 is 2.36 bits per heavy atom. The fraction of sp³-hybridized carbons (Fsp3) is 0.800. The van der Waals surface area contributed by atoms with Gasteiger partial charge in [-0.25, -0.2) is 0 Å². The summed E-state index contributed by atoms with van der Waals surface area (Å²) in [5, 5.41) is 3.59. The van der Waals surface area contributed by atoms with Crippen molar-refractivity contribution in [3.63, 3.8) is 0 Å². The second-order valence-corrected chi connectivity index (χ2v) is 3.80. The zero-order chi connectivity index (χ0) is 8.32. The van der Waals surface area contributed by atoms with Crippen LogP contribution in [0.25, 0.3) is 0 Å². The number of nitrogens with one attached hydrogen (secondary N) is 1. The van der Waals surface area contributed by atoms with Crippen LogP contribution in [0.4, 0.5) is 0 Å². The Morgan fingerprint density at radius 1 is 1.64 bits per heavy atom. The summed E-state index contributed by atoms with van der Waals surface area (Å²) in [4.78, 5) is 0. The Bertz CT molecular complexity index is 143. The van der Waals surface area contributed by atoms with Crippen LogP contribution in [0.3, 0.4) is 0 Å². The van der Waals surface area contributed by atoms with Gasteiger partial charge in [-0.1, -0.05) is 12.5 Å². The summed E-state index contributed by atoms with van der Waals surface area (Å²) in [6.45, 7) is 9.55. The van der Waals surface area contributed by atoms with E-state index in [0.29, 0.717) is 5.54 Å². The van der Waals surface area contributed by atoms with E-state index < -0.39 is 0 Å². The van der Waals surface area contributed by atoms with Crippen LogP contribution in [-0.2, 0) is 0 Å². The Labute approximate surface area is 69.9 Å². The predicted molar refractivity (Wildman–Crippen MR) is 49.7 cm³/mol. The fourth-order valence-electron chi connectivity index (χ4n) is 2.02. The highest BCUT2D eigenvalue weighted by molar-refractivity contribution is 5.03. The van der Waals surface area contributed by atoms with E-state index in [4.69, 9.17) is 0 Å². The number of hydrogen-bond donors (Lipinski definition) is 1. The second kappa shape index (κ2) is 3.40. The van der Waals surface area contributed by atoms with Crippen molar-refractivity contribution in [3.05, 3.63) is 12.2 Å². The lowest BCUT2D eigenvalue weighted by Gasteiger charge is -2.28. The monoisotopic (exact) mass is 153 g/mol. The van der Waals surface area contributed by atoms with Gasteiger partial charge in [0.1, 0.15) is 0 Å². The molecule has 0 aromatic carbocycles. The van der Waals surface area contributed by atoms with Gasteiger partial charge in [0.15, 0.2) is 0 Å². The van der Waals surface area contributed by atoms with Gasteiger partial charge in [-0.2, -0.15) is 0 Å². The minimum absolute atomic E-state index is 0.409. The molecule has 1 heterocycles. The molecule has 1 N–H and O–H groups in total. The molecule has 11 heavy (non-hydrogen) atoms. The Kier molecular flexibility index (Phi) is 2.72. The van der Waals surface area contributed by atoms with Gasteiger partial charge in [0, 0.05) is 5.54 Å². The normalized spacial score (nSPS) is 30.7. The van der Waals surface area contributed by atoms with E-state index in [2.05, 4.69) is 25.7 Å². The third kappa shape index (κ3) is 2.06. The van der Waals surface area contributed by atoms with Gasteiger partial charge < -0.3 is 5.32 Å². The molecule has 64 valence electrons. The van der Waals surface area contributed by atoms with E-state index in [1.165, 1.54) is 31.4 Å². The average Bonchev–Trinajstić information content (AvgIpc) is 2.36. The lowest BCUT2D eigenvalue weighted by Crippen LogP contribution is -2.38. The summed E-state index contributed by atoms with van der Waals surface area (Å²) < 4.78 is 0. The summed E-state index contributed by atoms with van der Waals surface area (Å²) in [6.07, 6.45) is 5.06. The van der Waals surface area contributed by atoms with Crippen molar-refractivity contribution in [2.75, 3.05) is 6.54 Å². The van der Waals surface area contributed by atoms with Gasteiger partial charge in [-0.3, -0.25) is 0 Å². The molecule has 1 fully saturated rings. The van der Waals surface area contributed by atoms with E-state index in [9.17, 15) is 0 Å². The van der Waals surface area contributed by atoms with E-state index in [-0.39, 0.29) is 0 Å². The van der Waals surface area contributed by atoms with Crippen molar-refractivity contribution >= 4 is 0 Å². The molecular weight excluding hydrogens is 134 g/mol. The molecular formula is C10H19N. The molecule has 1 rings (SSSR count). The van der Waals surface area contributed by atoms with Crippen molar-refractivity contribution in [2.24, 2.45) is 0 Å². The predicted octanol–water partition coefficient (Wildman–Crippen LogP) is 2.48. The van der Waals surface area contributed by atoms with Crippen molar-refractivity contribution in [1.82, 2.24) is 5.32 Å². The zero-order valence-corrected chi connectivity index (χ0v) is 7.74. The Hall–Kier alpha value is -0.300. The Morgan fingerprint density at radius 3 is 2.73 bits per heavy atom. The van der Waals surface area contributed by atoms with Crippen LogP contribution in [0.2, 0.25) is 0 Å². The summed E-state index contributed by atoms with van der Waals surface area (Å²) in [6, 6.07) is 0. The second-order valence-electron chi connectivity index (χ2n) is 3.80. The summed E-state index contributed by atoms with van der Waals surface area (Å²) in [7, 11) is 0. The summed E-state index contributed by atoms with van der Waals surface area (Å²) in [5.41, 5.74) is 1.72. The highest BCUT2D eigenvalue weighted by atomic mass is 15.0. The smallest absolute Gasteiger partial charge is 0.0216 e. The summed E-state index contributed by atoms with van der Waals surface area (Å²) >= 11 is 0. The molecule has 1 aliphatic rings. The molecule has 1 aliphatic heterocycles. The first-order valence-corrected chi connectivity index (χ1v) is 4.58. The minimum atomic E-state index is 0.409. The largest absolute Gasteiger partial charge is 0.311 e. The molecule has 1 heteroatoms. The van der Waals surface area contributed by atoms with Crippen LogP contribution < -0.4 is 5.32 Å². The van der Waals surface area contributed by atoms with Gasteiger partial charge in [0.2, 0.25) is 0 Å². The van der Waals surface area contributed by atoms with Gasteiger partial charge in [-0.15, -0.1) is 6.58 Å². The first-order chi connectivity index (χ1) is 5.18. The first-order valence-electron chi connectivity index (χ1n) is 4.58. The van der Waals surface area contributed by atoms with Crippen molar-refractivity contribution in [2.45, 2.75) is 45.1 Å².